The number of aromatic nitrogens is 1. The molecule has 2 heterocycles. The highest BCUT2D eigenvalue weighted by Gasteiger charge is 2.29. The third-order valence-electron chi connectivity index (χ3n) is 3.02. The molecule has 0 aliphatic carbocycles. The fourth-order valence-corrected chi connectivity index (χ4v) is 2.09. The quantitative estimate of drug-likeness (QED) is 0.946. The molecule has 0 bridgehead atoms. The molecule has 1 aromatic heterocycles. The van der Waals surface area contributed by atoms with Crippen molar-refractivity contribution in [3.8, 4) is 0 Å². The third kappa shape index (κ3) is 3.05. The molecule has 1 N–H and O–H groups in total. The van der Waals surface area contributed by atoms with Crippen molar-refractivity contribution in [2.45, 2.75) is 19.4 Å². The first-order chi connectivity index (χ1) is 10.1. The predicted molar refractivity (Wildman–Crippen MR) is 77.3 cm³/mol. The van der Waals surface area contributed by atoms with Crippen molar-refractivity contribution in [2.75, 3.05) is 5.32 Å². The van der Waals surface area contributed by atoms with Gasteiger partial charge in [-0.3, -0.25) is 4.79 Å². The zero-order valence-corrected chi connectivity index (χ0v) is 11.9. The van der Waals surface area contributed by atoms with Crippen molar-refractivity contribution >= 4 is 29.0 Å². The van der Waals surface area contributed by atoms with Crippen LogP contribution in [0.15, 0.2) is 40.0 Å². The molecule has 6 nitrogen and oxygen atoms in total. The maximum absolute atomic E-state index is 12.0. The minimum absolute atomic E-state index is 0.309. The van der Waals surface area contributed by atoms with Crippen LogP contribution >= 0.6 is 11.6 Å². The number of benzene rings is 1. The maximum atomic E-state index is 12.0. The van der Waals surface area contributed by atoms with E-state index in [0.717, 1.165) is 5.56 Å². The number of rotatable bonds is 3. The van der Waals surface area contributed by atoms with Crippen LogP contribution in [0, 0.1) is 6.92 Å². The molecule has 1 amide bonds. The van der Waals surface area contributed by atoms with Crippen LogP contribution in [0.2, 0.25) is 5.02 Å². The van der Waals surface area contributed by atoms with E-state index < -0.39 is 6.10 Å². The fraction of sp³-hybridized carbons (Fsp3) is 0.214. The van der Waals surface area contributed by atoms with Crippen molar-refractivity contribution < 1.29 is 14.2 Å². The Labute approximate surface area is 125 Å². The van der Waals surface area contributed by atoms with Crippen molar-refractivity contribution in [3.63, 3.8) is 0 Å². The Morgan fingerprint density at radius 3 is 2.81 bits per heavy atom. The molecule has 1 aromatic carbocycles. The molecule has 0 spiro atoms. The summed E-state index contributed by atoms with van der Waals surface area (Å²) in [6, 6.07) is 8.85. The second kappa shape index (κ2) is 5.57. The average Bonchev–Trinajstić information content (AvgIpc) is 3.09. The van der Waals surface area contributed by atoms with Gasteiger partial charge in [0.1, 0.15) is 5.76 Å². The number of aryl methyl sites for hydroxylation is 1. The molecule has 0 saturated heterocycles. The summed E-state index contributed by atoms with van der Waals surface area (Å²) in [5.74, 6) is 0.674. The highest BCUT2D eigenvalue weighted by molar-refractivity contribution is 6.30. The van der Waals surface area contributed by atoms with Crippen LogP contribution in [0.4, 0.5) is 5.82 Å². The van der Waals surface area contributed by atoms with Gasteiger partial charge in [0, 0.05) is 17.5 Å². The third-order valence-corrected chi connectivity index (χ3v) is 3.27. The molecule has 2 aromatic rings. The summed E-state index contributed by atoms with van der Waals surface area (Å²) in [6.45, 7) is 1.75. The predicted octanol–water partition coefficient (Wildman–Crippen LogP) is 2.77. The average molecular weight is 306 g/mol. The van der Waals surface area contributed by atoms with Crippen LogP contribution in [-0.2, 0) is 9.63 Å². The number of carbonyl (C=O) groups is 1. The van der Waals surface area contributed by atoms with E-state index in [9.17, 15) is 4.79 Å². The van der Waals surface area contributed by atoms with E-state index in [2.05, 4.69) is 15.6 Å². The highest BCUT2D eigenvalue weighted by Crippen LogP contribution is 2.20. The molecule has 0 saturated carbocycles. The Balaban J connectivity index is 1.63. The van der Waals surface area contributed by atoms with Gasteiger partial charge in [-0.2, -0.15) is 0 Å². The second-order valence-corrected chi connectivity index (χ2v) is 5.09. The van der Waals surface area contributed by atoms with E-state index in [1.807, 2.05) is 12.1 Å². The van der Waals surface area contributed by atoms with E-state index in [-0.39, 0.29) is 5.91 Å². The van der Waals surface area contributed by atoms with Gasteiger partial charge in [0.05, 0.1) is 5.71 Å². The first kappa shape index (κ1) is 13.6. The van der Waals surface area contributed by atoms with E-state index in [4.69, 9.17) is 21.0 Å². The molecule has 108 valence electrons. The number of hydrogen-bond donors (Lipinski definition) is 1. The largest absolute Gasteiger partial charge is 0.382 e. The van der Waals surface area contributed by atoms with Gasteiger partial charge in [0.25, 0.3) is 5.91 Å². The van der Waals surface area contributed by atoms with Crippen LogP contribution in [0.1, 0.15) is 17.7 Å². The minimum Gasteiger partial charge on any atom is -0.382 e. The van der Waals surface area contributed by atoms with Crippen LogP contribution in [0.5, 0.6) is 0 Å². The molecule has 0 fully saturated rings. The number of hydrogen-bond acceptors (Lipinski definition) is 5. The summed E-state index contributed by atoms with van der Waals surface area (Å²) in [7, 11) is 0. The fourth-order valence-electron chi connectivity index (χ4n) is 1.96. The van der Waals surface area contributed by atoms with Crippen LogP contribution < -0.4 is 5.32 Å². The van der Waals surface area contributed by atoms with Gasteiger partial charge < -0.3 is 14.7 Å². The Hall–Kier alpha value is -2.34. The topological polar surface area (TPSA) is 76.7 Å². The van der Waals surface area contributed by atoms with Gasteiger partial charge in [-0.05, 0) is 24.6 Å². The summed E-state index contributed by atoms with van der Waals surface area (Å²) in [4.78, 5) is 17.2. The molecule has 0 unspecified atom stereocenters. The normalized spacial score (nSPS) is 17.2. The van der Waals surface area contributed by atoms with Gasteiger partial charge in [0.15, 0.2) is 5.82 Å². The standard InChI is InChI=1S/C14H12ClN3O3/c1-8-6-13(18-20-8)16-14(19)12-7-11(17-21-12)9-2-4-10(15)5-3-9/h2-6,12H,7H2,1H3,(H,16,18,19)/t12-/m0/s1. The number of amides is 1. The first-order valence-corrected chi connectivity index (χ1v) is 6.72. The Kier molecular flexibility index (Phi) is 3.62. The summed E-state index contributed by atoms with van der Waals surface area (Å²) < 4.78 is 4.88. The summed E-state index contributed by atoms with van der Waals surface area (Å²) in [5.41, 5.74) is 1.59. The molecule has 21 heavy (non-hydrogen) atoms. The molecule has 7 heteroatoms. The van der Waals surface area contributed by atoms with Crippen LogP contribution in [-0.4, -0.2) is 22.9 Å². The minimum atomic E-state index is -0.673. The van der Waals surface area contributed by atoms with Gasteiger partial charge in [0.2, 0.25) is 6.10 Å². The smallest absolute Gasteiger partial charge is 0.269 e. The number of anilines is 1. The van der Waals surface area contributed by atoms with Crippen molar-refractivity contribution in [1.29, 1.82) is 0 Å². The molecular weight excluding hydrogens is 294 g/mol. The van der Waals surface area contributed by atoms with Gasteiger partial charge in [-0.1, -0.05) is 34.0 Å². The molecule has 1 aliphatic rings. The summed E-state index contributed by atoms with van der Waals surface area (Å²) in [6.07, 6.45) is -0.280. The van der Waals surface area contributed by atoms with Crippen molar-refractivity contribution in [2.24, 2.45) is 5.16 Å². The molecule has 1 aliphatic heterocycles. The Morgan fingerprint density at radius 2 is 2.14 bits per heavy atom. The number of nitrogens with one attached hydrogen (secondary N) is 1. The maximum Gasteiger partial charge on any atom is 0.269 e. The van der Waals surface area contributed by atoms with Crippen molar-refractivity contribution in [3.05, 3.63) is 46.7 Å². The lowest BCUT2D eigenvalue weighted by atomic mass is 10.0. The lowest BCUT2D eigenvalue weighted by molar-refractivity contribution is -0.125. The number of carbonyl (C=O) groups excluding carboxylic acids is 1. The zero-order chi connectivity index (χ0) is 14.8. The van der Waals surface area contributed by atoms with Crippen molar-refractivity contribution in [1.82, 2.24) is 5.16 Å². The van der Waals surface area contributed by atoms with Gasteiger partial charge >= 0.3 is 0 Å². The first-order valence-electron chi connectivity index (χ1n) is 6.34. The molecule has 3 rings (SSSR count). The molecule has 1 atom stereocenters. The van der Waals surface area contributed by atoms with Crippen LogP contribution in [0.25, 0.3) is 0 Å². The SMILES string of the molecule is Cc1cc(NC(=O)[C@@H]2CC(c3ccc(Cl)cc3)=NO2)no1. The zero-order valence-electron chi connectivity index (χ0n) is 11.2. The second-order valence-electron chi connectivity index (χ2n) is 4.66. The highest BCUT2D eigenvalue weighted by atomic mass is 35.5. The Morgan fingerprint density at radius 1 is 1.38 bits per heavy atom. The monoisotopic (exact) mass is 305 g/mol. The number of oxime groups is 1. The lowest BCUT2D eigenvalue weighted by Gasteiger charge is -2.06. The number of nitrogens with zero attached hydrogens (tertiary/aromatic N) is 2. The van der Waals surface area contributed by atoms with Gasteiger partial charge in [-0.25, -0.2) is 0 Å². The summed E-state index contributed by atoms with van der Waals surface area (Å²) >= 11 is 5.84. The van der Waals surface area contributed by atoms with E-state index in [1.54, 1.807) is 25.1 Å². The Bertz CT molecular complexity index is 694. The van der Waals surface area contributed by atoms with E-state index in [0.29, 0.717) is 28.7 Å². The summed E-state index contributed by atoms with van der Waals surface area (Å²) in [5, 5.41) is 10.9. The van der Waals surface area contributed by atoms with E-state index in [1.165, 1.54) is 0 Å². The molecular formula is C14H12ClN3O3. The lowest BCUT2D eigenvalue weighted by Crippen LogP contribution is -2.28. The number of halogens is 1. The van der Waals surface area contributed by atoms with Gasteiger partial charge in [-0.15, -0.1) is 0 Å². The molecule has 0 radical (unpaired) electrons. The van der Waals surface area contributed by atoms with E-state index >= 15 is 0 Å². The van der Waals surface area contributed by atoms with Crippen LogP contribution in [0.3, 0.4) is 0 Å².